The van der Waals surface area contributed by atoms with Crippen LogP contribution < -0.4 is 4.74 Å². The van der Waals surface area contributed by atoms with Gasteiger partial charge in [-0.2, -0.15) is 0 Å². The molecule has 0 amide bonds. The van der Waals surface area contributed by atoms with Crippen molar-refractivity contribution in [1.82, 2.24) is 4.98 Å². The first-order valence-electron chi connectivity index (χ1n) is 4.90. The number of benzene rings is 1. The van der Waals surface area contributed by atoms with Crippen molar-refractivity contribution in [2.24, 2.45) is 0 Å². The van der Waals surface area contributed by atoms with Crippen LogP contribution in [0, 0.1) is 0 Å². The van der Waals surface area contributed by atoms with Crippen LogP contribution >= 0.6 is 0 Å². The molecule has 1 aromatic carbocycles. The summed E-state index contributed by atoms with van der Waals surface area (Å²) in [6, 6.07) is 10.9. The van der Waals surface area contributed by atoms with E-state index in [1.807, 2.05) is 24.3 Å². The summed E-state index contributed by atoms with van der Waals surface area (Å²) in [6.07, 6.45) is 2.50. The lowest BCUT2D eigenvalue weighted by Crippen LogP contribution is -1.93. The Labute approximate surface area is 93.7 Å². The fraction of sp³-hybridized carbons (Fsp3) is 0.0769. The van der Waals surface area contributed by atoms with Crippen LogP contribution in [0.4, 0.5) is 0 Å². The Morgan fingerprint density at radius 2 is 2.00 bits per heavy atom. The van der Waals surface area contributed by atoms with Crippen LogP contribution in [0.3, 0.4) is 0 Å². The van der Waals surface area contributed by atoms with E-state index in [1.165, 1.54) is 0 Å². The summed E-state index contributed by atoms with van der Waals surface area (Å²) in [5.41, 5.74) is 2.09. The third kappa shape index (κ3) is 1.80. The Hall–Kier alpha value is -2.16. The van der Waals surface area contributed by atoms with Crippen LogP contribution in [-0.2, 0) is 0 Å². The number of ether oxygens (including phenoxy) is 1. The summed E-state index contributed by atoms with van der Waals surface area (Å²) in [5.74, 6) is 0.664. The van der Waals surface area contributed by atoms with Gasteiger partial charge in [-0.05, 0) is 12.1 Å². The molecule has 0 aliphatic carbocycles. The molecule has 0 aliphatic rings. The minimum absolute atomic E-state index is 0.611. The van der Waals surface area contributed by atoms with Gasteiger partial charge in [-0.1, -0.05) is 24.3 Å². The van der Waals surface area contributed by atoms with Crippen LogP contribution in [0.2, 0.25) is 0 Å². The average Bonchev–Trinajstić information content (AvgIpc) is 2.38. The lowest BCUT2D eigenvalue weighted by molar-refractivity contribution is 0.112. The highest BCUT2D eigenvalue weighted by atomic mass is 16.5. The second kappa shape index (κ2) is 4.57. The summed E-state index contributed by atoms with van der Waals surface area (Å²) in [4.78, 5) is 15.2. The van der Waals surface area contributed by atoms with Crippen molar-refractivity contribution in [3.8, 4) is 17.0 Å². The topological polar surface area (TPSA) is 39.2 Å². The van der Waals surface area contributed by atoms with Crippen LogP contribution in [-0.4, -0.2) is 18.4 Å². The molecule has 80 valence electrons. The molecule has 0 saturated heterocycles. The zero-order chi connectivity index (χ0) is 11.4. The molecule has 0 N–H and O–H groups in total. The lowest BCUT2D eigenvalue weighted by Gasteiger charge is -2.08. The van der Waals surface area contributed by atoms with Gasteiger partial charge in [0.1, 0.15) is 11.4 Å². The summed E-state index contributed by atoms with van der Waals surface area (Å²) in [7, 11) is 1.59. The first-order valence-corrected chi connectivity index (χ1v) is 4.90. The van der Waals surface area contributed by atoms with E-state index in [1.54, 1.807) is 25.4 Å². The van der Waals surface area contributed by atoms with E-state index in [9.17, 15) is 4.79 Å². The average molecular weight is 213 g/mol. The predicted molar refractivity (Wildman–Crippen MR) is 61.6 cm³/mol. The Morgan fingerprint density at radius 1 is 1.19 bits per heavy atom. The van der Waals surface area contributed by atoms with Crippen LogP contribution in [0.1, 0.15) is 10.4 Å². The number of rotatable bonds is 3. The van der Waals surface area contributed by atoms with Gasteiger partial charge >= 0.3 is 0 Å². The number of aromatic nitrogens is 1. The number of pyridine rings is 1. The van der Waals surface area contributed by atoms with Gasteiger partial charge in [-0.3, -0.25) is 9.78 Å². The molecule has 0 unspecified atom stereocenters. The quantitative estimate of drug-likeness (QED) is 0.735. The van der Waals surface area contributed by atoms with Crippen molar-refractivity contribution >= 4 is 6.29 Å². The highest BCUT2D eigenvalue weighted by molar-refractivity contribution is 5.87. The minimum Gasteiger partial charge on any atom is -0.494 e. The summed E-state index contributed by atoms with van der Waals surface area (Å²) in [5, 5.41) is 0. The zero-order valence-corrected chi connectivity index (χ0v) is 8.88. The standard InChI is InChI=1S/C13H11NO2/c1-16-12-7-4-8-14-13(12)11-6-3-2-5-10(11)9-15/h2-9H,1H3. The SMILES string of the molecule is COc1cccnc1-c1ccccc1C=O. The van der Waals surface area contributed by atoms with Gasteiger partial charge in [-0.15, -0.1) is 0 Å². The number of methoxy groups -OCH3 is 1. The van der Waals surface area contributed by atoms with E-state index in [0.717, 1.165) is 11.8 Å². The number of hydrogen-bond acceptors (Lipinski definition) is 3. The summed E-state index contributed by atoms with van der Waals surface area (Å²) in [6.45, 7) is 0. The highest BCUT2D eigenvalue weighted by Crippen LogP contribution is 2.28. The van der Waals surface area contributed by atoms with Gasteiger partial charge in [0, 0.05) is 17.3 Å². The lowest BCUT2D eigenvalue weighted by atomic mass is 10.0. The van der Waals surface area contributed by atoms with Gasteiger partial charge in [0.2, 0.25) is 0 Å². The van der Waals surface area contributed by atoms with Gasteiger partial charge < -0.3 is 4.74 Å². The number of nitrogens with zero attached hydrogens (tertiary/aromatic N) is 1. The maximum atomic E-state index is 10.9. The third-order valence-corrected chi connectivity index (χ3v) is 2.33. The monoisotopic (exact) mass is 213 g/mol. The Morgan fingerprint density at radius 3 is 2.75 bits per heavy atom. The highest BCUT2D eigenvalue weighted by Gasteiger charge is 2.09. The van der Waals surface area contributed by atoms with Crippen molar-refractivity contribution in [2.75, 3.05) is 7.11 Å². The molecule has 16 heavy (non-hydrogen) atoms. The van der Waals surface area contributed by atoms with Crippen LogP contribution in [0.25, 0.3) is 11.3 Å². The van der Waals surface area contributed by atoms with Crippen molar-refractivity contribution in [3.63, 3.8) is 0 Å². The molecule has 1 heterocycles. The molecule has 0 atom stereocenters. The van der Waals surface area contributed by atoms with E-state index in [0.29, 0.717) is 17.0 Å². The largest absolute Gasteiger partial charge is 0.494 e. The molecular formula is C13H11NO2. The summed E-state index contributed by atoms with van der Waals surface area (Å²) >= 11 is 0. The Kier molecular flexibility index (Phi) is 2.96. The van der Waals surface area contributed by atoms with Gasteiger partial charge in [-0.25, -0.2) is 0 Å². The third-order valence-electron chi connectivity index (χ3n) is 2.33. The first-order chi connectivity index (χ1) is 7.86. The molecule has 0 saturated carbocycles. The van der Waals surface area contributed by atoms with Crippen LogP contribution in [0.5, 0.6) is 5.75 Å². The van der Waals surface area contributed by atoms with Crippen LogP contribution in [0.15, 0.2) is 42.6 Å². The number of carbonyl (C=O) groups excluding carboxylic acids is 1. The smallest absolute Gasteiger partial charge is 0.150 e. The van der Waals surface area contributed by atoms with E-state index < -0.39 is 0 Å². The molecule has 3 heteroatoms. The Bertz CT molecular complexity index is 509. The number of carbonyl (C=O) groups is 1. The van der Waals surface area contributed by atoms with E-state index in [2.05, 4.69) is 4.98 Å². The predicted octanol–water partition coefficient (Wildman–Crippen LogP) is 2.57. The van der Waals surface area contributed by atoms with Crippen molar-refractivity contribution in [3.05, 3.63) is 48.2 Å². The fourth-order valence-electron chi connectivity index (χ4n) is 1.57. The number of aldehydes is 1. The van der Waals surface area contributed by atoms with E-state index >= 15 is 0 Å². The van der Waals surface area contributed by atoms with Gasteiger partial charge in [0.25, 0.3) is 0 Å². The second-order valence-corrected chi connectivity index (χ2v) is 3.26. The molecule has 3 nitrogen and oxygen atoms in total. The maximum absolute atomic E-state index is 10.9. The molecule has 0 fully saturated rings. The first kappa shape index (κ1) is 10.4. The second-order valence-electron chi connectivity index (χ2n) is 3.26. The minimum atomic E-state index is 0.611. The molecule has 2 aromatic rings. The van der Waals surface area contributed by atoms with Crippen molar-refractivity contribution in [2.45, 2.75) is 0 Å². The molecule has 0 bridgehead atoms. The normalized spacial score (nSPS) is 9.81. The van der Waals surface area contributed by atoms with E-state index in [4.69, 9.17) is 4.74 Å². The van der Waals surface area contributed by atoms with Gasteiger partial charge in [0.15, 0.2) is 6.29 Å². The molecule has 0 aliphatic heterocycles. The maximum Gasteiger partial charge on any atom is 0.150 e. The Balaban J connectivity index is 2.62. The molecule has 0 spiro atoms. The van der Waals surface area contributed by atoms with Crippen molar-refractivity contribution < 1.29 is 9.53 Å². The zero-order valence-electron chi connectivity index (χ0n) is 8.88. The molecule has 0 radical (unpaired) electrons. The van der Waals surface area contributed by atoms with Gasteiger partial charge in [0.05, 0.1) is 7.11 Å². The van der Waals surface area contributed by atoms with E-state index in [-0.39, 0.29) is 0 Å². The molecule has 2 rings (SSSR count). The fourth-order valence-corrected chi connectivity index (χ4v) is 1.57. The van der Waals surface area contributed by atoms with Crippen molar-refractivity contribution in [1.29, 1.82) is 0 Å². The molecular weight excluding hydrogens is 202 g/mol. The summed E-state index contributed by atoms with van der Waals surface area (Å²) < 4.78 is 5.22. The number of hydrogen-bond donors (Lipinski definition) is 0. The molecule has 1 aromatic heterocycles.